The number of amides is 1. The predicted molar refractivity (Wildman–Crippen MR) is 117 cm³/mol. The third-order valence-corrected chi connectivity index (χ3v) is 5.77. The second-order valence-corrected chi connectivity index (χ2v) is 9.48. The van der Waals surface area contributed by atoms with Gasteiger partial charge in [0, 0.05) is 12.5 Å². The molecule has 0 spiro atoms. The highest BCUT2D eigenvalue weighted by molar-refractivity contribution is 5.85. The van der Waals surface area contributed by atoms with Crippen LogP contribution in [0.15, 0.2) is 18.2 Å². The number of fused-ring (bicyclic) bond motifs is 1. The lowest BCUT2D eigenvalue weighted by molar-refractivity contribution is -0.125. The van der Waals surface area contributed by atoms with Crippen molar-refractivity contribution in [1.29, 1.82) is 0 Å². The van der Waals surface area contributed by atoms with Crippen molar-refractivity contribution in [3.05, 3.63) is 29.6 Å². The van der Waals surface area contributed by atoms with E-state index in [1.165, 1.54) is 24.8 Å². The number of rotatable bonds is 7. The molecule has 1 aliphatic rings. The van der Waals surface area contributed by atoms with Crippen molar-refractivity contribution >= 4 is 16.9 Å². The quantitative estimate of drug-likeness (QED) is 0.678. The molecule has 4 nitrogen and oxygen atoms in total. The molecule has 0 bridgehead atoms. The molecule has 2 aromatic rings. The Hall–Kier alpha value is -1.84. The number of hydrogen-bond acceptors (Lipinski definition) is 2. The summed E-state index contributed by atoms with van der Waals surface area (Å²) in [6.07, 6.45) is 7.70. The molecule has 1 amide bonds. The molecule has 28 heavy (non-hydrogen) atoms. The molecular weight excluding hydrogens is 346 g/mol. The van der Waals surface area contributed by atoms with E-state index >= 15 is 0 Å². The van der Waals surface area contributed by atoms with Gasteiger partial charge in [0.1, 0.15) is 11.9 Å². The lowest BCUT2D eigenvalue weighted by atomic mass is 9.94. The van der Waals surface area contributed by atoms with Gasteiger partial charge in [-0.2, -0.15) is 0 Å². The Bertz CT molecular complexity index is 800. The van der Waals surface area contributed by atoms with E-state index in [1.54, 1.807) is 0 Å². The highest BCUT2D eigenvalue weighted by atomic mass is 16.2. The van der Waals surface area contributed by atoms with Crippen LogP contribution in [0.1, 0.15) is 83.6 Å². The van der Waals surface area contributed by atoms with Crippen molar-refractivity contribution in [3.8, 4) is 0 Å². The zero-order valence-electron chi connectivity index (χ0n) is 18.3. The molecule has 4 heteroatoms. The van der Waals surface area contributed by atoms with Crippen LogP contribution in [0, 0.1) is 18.8 Å². The number of hydrogen-bond donors (Lipinski definition) is 1. The van der Waals surface area contributed by atoms with Crippen molar-refractivity contribution < 1.29 is 4.79 Å². The Labute approximate surface area is 170 Å². The zero-order chi connectivity index (χ0) is 20.3. The van der Waals surface area contributed by atoms with Crippen LogP contribution in [0.5, 0.6) is 0 Å². The number of nitrogens with zero attached hydrogens (tertiary/aromatic N) is 2. The lowest BCUT2D eigenvalue weighted by Gasteiger charge is -2.28. The molecular formula is C24H37N3O. The maximum atomic E-state index is 13.5. The van der Waals surface area contributed by atoms with Crippen LogP contribution in [0.25, 0.3) is 11.0 Å². The minimum Gasteiger partial charge on any atom is -0.352 e. The number of aromatic nitrogens is 2. The molecule has 154 valence electrons. The Morgan fingerprint density at radius 2 is 1.86 bits per heavy atom. The summed E-state index contributed by atoms with van der Waals surface area (Å²) in [4.78, 5) is 18.4. The molecule has 1 aromatic heterocycles. The number of aryl methyl sites for hydroxylation is 1. The average Bonchev–Trinajstić information content (AvgIpc) is 2.96. The SMILES string of the molecule is Cc1ccc2nc(CC(C)C)n(C(CC(C)C)C(=O)NC3CCCCC3)c2c1. The number of nitrogens with one attached hydrogen (secondary N) is 1. The smallest absolute Gasteiger partial charge is 0.243 e. The summed E-state index contributed by atoms with van der Waals surface area (Å²) in [6, 6.07) is 6.53. The van der Waals surface area contributed by atoms with Gasteiger partial charge in [0.15, 0.2) is 0 Å². The van der Waals surface area contributed by atoms with E-state index in [4.69, 9.17) is 4.98 Å². The van der Waals surface area contributed by atoms with Gasteiger partial charge < -0.3 is 9.88 Å². The van der Waals surface area contributed by atoms with Crippen LogP contribution < -0.4 is 5.32 Å². The first kappa shape index (κ1) is 20.9. The Kier molecular flexibility index (Phi) is 6.79. The molecule has 3 rings (SSSR count). The van der Waals surface area contributed by atoms with Gasteiger partial charge in [0.2, 0.25) is 5.91 Å². The second kappa shape index (κ2) is 9.11. The first-order valence-corrected chi connectivity index (χ1v) is 11.1. The molecule has 0 radical (unpaired) electrons. The normalized spacial score (nSPS) is 16.8. The van der Waals surface area contributed by atoms with Gasteiger partial charge in [-0.25, -0.2) is 4.98 Å². The summed E-state index contributed by atoms with van der Waals surface area (Å²) in [6.45, 7) is 10.9. The summed E-state index contributed by atoms with van der Waals surface area (Å²) in [5.41, 5.74) is 3.31. The molecule has 1 saturated carbocycles. The van der Waals surface area contributed by atoms with Gasteiger partial charge in [-0.1, -0.05) is 53.0 Å². The molecule has 1 aliphatic carbocycles. The Morgan fingerprint density at radius 3 is 2.50 bits per heavy atom. The van der Waals surface area contributed by atoms with Gasteiger partial charge in [0.25, 0.3) is 0 Å². The summed E-state index contributed by atoms with van der Waals surface area (Å²) in [5, 5.41) is 3.38. The van der Waals surface area contributed by atoms with Crippen LogP contribution in [0.4, 0.5) is 0 Å². The Morgan fingerprint density at radius 1 is 1.14 bits per heavy atom. The molecule has 1 atom stereocenters. The third-order valence-electron chi connectivity index (χ3n) is 5.77. The van der Waals surface area contributed by atoms with E-state index in [9.17, 15) is 4.79 Å². The highest BCUT2D eigenvalue weighted by Crippen LogP contribution is 2.29. The minimum atomic E-state index is -0.192. The molecule has 1 heterocycles. The van der Waals surface area contributed by atoms with Crippen molar-refractivity contribution in [2.45, 2.75) is 91.6 Å². The van der Waals surface area contributed by atoms with E-state index in [-0.39, 0.29) is 11.9 Å². The molecule has 1 N–H and O–H groups in total. The van der Waals surface area contributed by atoms with Gasteiger partial charge in [-0.15, -0.1) is 0 Å². The van der Waals surface area contributed by atoms with Gasteiger partial charge in [-0.3, -0.25) is 4.79 Å². The predicted octanol–water partition coefficient (Wildman–Crippen LogP) is 5.58. The minimum absolute atomic E-state index is 0.173. The number of imidazole rings is 1. The van der Waals surface area contributed by atoms with Gasteiger partial charge in [-0.05, 0) is 55.7 Å². The van der Waals surface area contributed by atoms with Crippen LogP contribution in [0.2, 0.25) is 0 Å². The first-order valence-electron chi connectivity index (χ1n) is 11.1. The van der Waals surface area contributed by atoms with Crippen molar-refractivity contribution in [1.82, 2.24) is 14.9 Å². The topological polar surface area (TPSA) is 46.9 Å². The summed E-state index contributed by atoms with van der Waals surface area (Å²) in [5.74, 6) is 2.15. The fourth-order valence-electron chi connectivity index (χ4n) is 4.43. The lowest BCUT2D eigenvalue weighted by Crippen LogP contribution is -2.41. The molecule has 1 unspecified atom stereocenters. The third kappa shape index (κ3) is 4.95. The van der Waals surface area contributed by atoms with Gasteiger partial charge >= 0.3 is 0 Å². The maximum Gasteiger partial charge on any atom is 0.243 e. The molecule has 1 fully saturated rings. The fourth-order valence-corrected chi connectivity index (χ4v) is 4.43. The molecule has 1 aromatic carbocycles. The Balaban J connectivity index is 2.01. The van der Waals surface area contributed by atoms with Crippen LogP contribution in [-0.2, 0) is 11.2 Å². The van der Waals surface area contributed by atoms with E-state index in [0.717, 1.165) is 42.5 Å². The van der Waals surface area contributed by atoms with E-state index in [0.29, 0.717) is 17.9 Å². The van der Waals surface area contributed by atoms with Crippen LogP contribution in [0.3, 0.4) is 0 Å². The summed E-state index contributed by atoms with van der Waals surface area (Å²) in [7, 11) is 0. The fraction of sp³-hybridized carbons (Fsp3) is 0.667. The standard InChI is InChI=1S/C24H37N3O/c1-16(2)13-22(24(28)25-19-9-7-6-8-10-19)27-21-15-18(5)11-12-20(21)26-23(27)14-17(3)4/h11-12,15-17,19,22H,6-10,13-14H2,1-5H3,(H,25,28). The second-order valence-electron chi connectivity index (χ2n) is 9.48. The van der Waals surface area contributed by atoms with Crippen molar-refractivity contribution in [2.24, 2.45) is 11.8 Å². The molecule has 0 saturated heterocycles. The monoisotopic (exact) mass is 383 g/mol. The summed E-state index contributed by atoms with van der Waals surface area (Å²) >= 11 is 0. The van der Waals surface area contributed by atoms with E-state index in [1.807, 2.05) is 0 Å². The van der Waals surface area contributed by atoms with Crippen molar-refractivity contribution in [2.75, 3.05) is 0 Å². The van der Waals surface area contributed by atoms with E-state index in [2.05, 4.69) is 62.7 Å². The zero-order valence-corrected chi connectivity index (χ0v) is 18.3. The van der Waals surface area contributed by atoms with Crippen LogP contribution in [-0.4, -0.2) is 21.5 Å². The molecule has 0 aliphatic heterocycles. The van der Waals surface area contributed by atoms with Crippen LogP contribution >= 0.6 is 0 Å². The number of carbonyl (C=O) groups excluding carboxylic acids is 1. The average molecular weight is 384 g/mol. The highest BCUT2D eigenvalue weighted by Gasteiger charge is 2.28. The largest absolute Gasteiger partial charge is 0.352 e. The maximum absolute atomic E-state index is 13.5. The van der Waals surface area contributed by atoms with Crippen molar-refractivity contribution in [3.63, 3.8) is 0 Å². The number of carbonyl (C=O) groups is 1. The number of benzene rings is 1. The first-order chi connectivity index (χ1) is 13.3. The van der Waals surface area contributed by atoms with E-state index < -0.39 is 0 Å². The summed E-state index contributed by atoms with van der Waals surface area (Å²) < 4.78 is 2.25. The van der Waals surface area contributed by atoms with Gasteiger partial charge in [0.05, 0.1) is 11.0 Å².